The van der Waals surface area contributed by atoms with E-state index in [0.29, 0.717) is 12.4 Å². The molecule has 1 unspecified atom stereocenters. The van der Waals surface area contributed by atoms with Gasteiger partial charge >= 0.3 is 0 Å². The topological polar surface area (TPSA) is 53.1 Å². The molecule has 80 valence electrons. The van der Waals surface area contributed by atoms with E-state index in [1.54, 1.807) is 7.11 Å². The Morgan fingerprint density at radius 2 is 2.20 bits per heavy atom. The zero-order valence-electron chi connectivity index (χ0n) is 8.97. The molecule has 1 aromatic carbocycles. The van der Waals surface area contributed by atoms with Crippen LogP contribution in [0.2, 0.25) is 0 Å². The number of nitrogens with zero attached hydrogens (tertiary/aromatic N) is 2. The molecule has 0 saturated carbocycles. The van der Waals surface area contributed by atoms with E-state index in [4.69, 9.17) is 10.5 Å². The van der Waals surface area contributed by atoms with Crippen LogP contribution in [0.5, 0.6) is 0 Å². The maximum atomic E-state index is 5.84. The average Bonchev–Trinajstić information content (AvgIpc) is 2.58. The smallest absolute Gasteiger partial charge is 0.153 e. The number of para-hydroxylation sites is 1. The van der Waals surface area contributed by atoms with Gasteiger partial charge in [0, 0.05) is 12.5 Å². The highest BCUT2D eigenvalue weighted by atomic mass is 16.5. The van der Waals surface area contributed by atoms with E-state index in [9.17, 15) is 0 Å². The SMILES string of the molecule is COCC(C)n1nc(N)c2ccccc21. The maximum absolute atomic E-state index is 5.84. The summed E-state index contributed by atoms with van der Waals surface area (Å²) in [4.78, 5) is 0. The summed E-state index contributed by atoms with van der Waals surface area (Å²) in [5.41, 5.74) is 6.89. The third-order valence-corrected chi connectivity index (χ3v) is 2.47. The summed E-state index contributed by atoms with van der Waals surface area (Å²) in [5, 5.41) is 5.32. The lowest BCUT2D eigenvalue weighted by atomic mass is 10.2. The normalized spacial score (nSPS) is 13.2. The Bertz CT molecular complexity index is 464. The Balaban J connectivity index is 2.52. The second kappa shape index (κ2) is 3.90. The fourth-order valence-electron chi connectivity index (χ4n) is 1.76. The summed E-state index contributed by atoms with van der Waals surface area (Å²) < 4.78 is 7.03. The van der Waals surface area contributed by atoms with Crippen molar-refractivity contribution < 1.29 is 4.74 Å². The average molecular weight is 205 g/mol. The molecule has 0 saturated heterocycles. The number of nitrogen functional groups attached to an aromatic ring is 1. The number of rotatable bonds is 3. The largest absolute Gasteiger partial charge is 0.382 e. The zero-order valence-corrected chi connectivity index (χ0v) is 8.97. The minimum absolute atomic E-state index is 0.192. The van der Waals surface area contributed by atoms with Crippen molar-refractivity contribution in [3.8, 4) is 0 Å². The lowest BCUT2D eigenvalue weighted by molar-refractivity contribution is 0.159. The molecule has 2 aromatic rings. The highest BCUT2D eigenvalue weighted by Crippen LogP contribution is 2.22. The zero-order chi connectivity index (χ0) is 10.8. The Kier molecular flexibility index (Phi) is 2.60. The van der Waals surface area contributed by atoms with Crippen LogP contribution in [0.4, 0.5) is 5.82 Å². The predicted octanol–water partition coefficient (Wildman–Crippen LogP) is 1.83. The number of ether oxygens (including phenoxy) is 1. The van der Waals surface area contributed by atoms with Gasteiger partial charge in [-0.15, -0.1) is 0 Å². The van der Waals surface area contributed by atoms with Crippen LogP contribution in [-0.4, -0.2) is 23.5 Å². The molecule has 0 aliphatic rings. The first-order chi connectivity index (χ1) is 7.24. The number of aromatic nitrogens is 2. The maximum Gasteiger partial charge on any atom is 0.153 e. The van der Waals surface area contributed by atoms with Crippen LogP contribution in [-0.2, 0) is 4.74 Å². The van der Waals surface area contributed by atoms with E-state index >= 15 is 0 Å². The highest BCUT2D eigenvalue weighted by molar-refractivity contribution is 5.89. The number of nitrogens with two attached hydrogens (primary N) is 1. The van der Waals surface area contributed by atoms with Crippen molar-refractivity contribution in [2.75, 3.05) is 19.5 Å². The second-order valence-corrected chi connectivity index (χ2v) is 3.65. The van der Waals surface area contributed by atoms with Crippen molar-refractivity contribution in [2.45, 2.75) is 13.0 Å². The summed E-state index contributed by atoms with van der Waals surface area (Å²) in [5.74, 6) is 0.577. The van der Waals surface area contributed by atoms with Crippen LogP contribution in [0.1, 0.15) is 13.0 Å². The molecular weight excluding hydrogens is 190 g/mol. The van der Waals surface area contributed by atoms with Gasteiger partial charge in [0.1, 0.15) is 0 Å². The summed E-state index contributed by atoms with van der Waals surface area (Å²) in [6, 6.07) is 8.14. The minimum atomic E-state index is 0.192. The quantitative estimate of drug-likeness (QED) is 0.831. The van der Waals surface area contributed by atoms with Crippen molar-refractivity contribution >= 4 is 16.7 Å². The van der Waals surface area contributed by atoms with Crippen molar-refractivity contribution in [3.63, 3.8) is 0 Å². The number of fused-ring (bicyclic) bond motifs is 1. The first kappa shape index (κ1) is 9.98. The predicted molar refractivity (Wildman–Crippen MR) is 60.7 cm³/mol. The van der Waals surface area contributed by atoms with Crippen molar-refractivity contribution in [2.24, 2.45) is 0 Å². The van der Waals surface area contributed by atoms with E-state index in [2.05, 4.69) is 12.0 Å². The van der Waals surface area contributed by atoms with Crippen molar-refractivity contribution in [1.29, 1.82) is 0 Å². The van der Waals surface area contributed by atoms with Crippen LogP contribution in [0.25, 0.3) is 10.9 Å². The van der Waals surface area contributed by atoms with Crippen molar-refractivity contribution in [1.82, 2.24) is 9.78 Å². The Hall–Kier alpha value is -1.55. The van der Waals surface area contributed by atoms with Crippen LogP contribution < -0.4 is 5.73 Å². The van der Waals surface area contributed by atoms with E-state index in [1.165, 1.54) is 0 Å². The van der Waals surface area contributed by atoms with Gasteiger partial charge in [0.05, 0.1) is 18.2 Å². The second-order valence-electron chi connectivity index (χ2n) is 3.65. The van der Waals surface area contributed by atoms with Crippen LogP contribution in [0, 0.1) is 0 Å². The van der Waals surface area contributed by atoms with Gasteiger partial charge in [-0.3, -0.25) is 4.68 Å². The number of hydrogen-bond acceptors (Lipinski definition) is 3. The first-order valence-electron chi connectivity index (χ1n) is 4.95. The lowest BCUT2D eigenvalue weighted by Gasteiger charge is -2.11. The molecule has 0 fully saturated rings. The standard InChI is InChI=1S/C11H15N3O/c1-8(7-15-2)14-10-6-4-3-5-9(10)11(12)13-14/h3-6,8H,7H2,1-2H3,(H2,12,13). The van der Waals surface area contributed by atoms with Gasteiger partial charge in [-0.2, -0.15) is 5.10 Å². The highest BCUT2D eigenvalue weighted by Gasteiger charge is 2.11. The molecule has 2 N–H and O–H groups in total. The fraction of sp³-hybridized carbons (Fsp3) is 0.364. The molecule has 0 aliphatic heterocycles. The van der Waals surface area contributed by atoms with Crippen LogP contribution in [0.3, 0.4) is 0 Å². The molecule has 0 aliphatic carbocycles. The Morgan fingerprint density at radius 1 is 1.47 bits per heavy atom. The number of methoxy groups -OCH3 is 1. The van der Waals surface area contributed by atoms with E-state index in [0.717, 1.165) is 10.9 Å². The molecule has 15 heavy (non-hydrogen) atoms. The number of benzene rings is 1. The summed E-state index contributed by atoms with van der Waals surface area (Å²) in [7, 11) is 1.69. The summed E-state index contributed by atoms with van der Waals surface area (Å²) in [6.07, 6.45) is 0. The monoisotopic (exact) mass is 205 g/mol. The van der Waals surface area contributed by atoms with Gasteiger partial charge in [-0.1, -0.05) is 12.1 Å². The van der Waals surface area contributed by atoms with Crippen LogP contribution >= 0.6 is 0 Å². The van der Waals surface area contributed by atoms with Crippen LogP contribution in [0.15, 0.2) is 24.3 Å². The molecule has 4 nitrogen and oxygen atoms in total. The number of hydrogen-bond donors (Lipinski definition) is 1. The van der Waals surface area contributed by atoms with E-state index < -0.39 is 0 Å². The molecule has 0 amide bonds. The van der Waals surface area contributed by atoms with E-state index in [-0.39, 0.29) is 6.04 Å². The van der Waals surface area contributed by atoms with Gasteiger partial charge in [0.25, 0.3) is 0 Å². The molecule has 0 radical (unpaired) electrons. The third kappa shape index (κ3) is 1.68. The summed E-state index contributed by atoms with van der Waals surface area (Å²) >= 11 is 0. The van der Waals surface area contributed by atoms with Gasteiger partial charge in [-0.25, -0.2) is 0 Å². The van der Waals surface area contributed by atoms with Gasteiger partial charge in [-0.05, 0) is 19.1 Å². The first-order valence-corrected chi connectivity index (χ1v) is 4.95. The molecule has 0 bridgehead atoms. The Labute approximate surface area is 88.6 Å². The van der Waals surface area contributed by atoms with Gasteiger partial charge in [0.15, 0.2) is 5.82 Å². The van der Waals surface area contributed by atoms with E-state index in [1.807, 2.05) is 28.9 Å². The molecule has 1 heterocycles. The van der Waals surface area contributed by atoms with Gasteiger partial charge in [0.2, 0.25) is 0 Å². The van der Waals surface area contributed by atoms with Crippen molar-refractivity contribution in [3.05, 3.63) is 24.3 Å². The molecule has 0 spiro atoms. The minimum Gasteiger partial charge on any atom is -0.382 e. The molecule has 2 rings (SSSR count). The van der Waals surface area contributed by atoms with Gasteiger partial charge < -0.3 is 10.5 Å². The number of anilines is 1. The molecule has 1 aromatic heterocycles. The third-order valence-electron chi connectivity index (χ3n) is 2.47. The molecule has 4 heteroatoms. The summed E-state index contributed by atoms with van der Waals surface area (Å²) in [6.45, 7) is 2.69. The lowest BCUT2D eigenvalue weighted by Crippen LogP contribution is -2.12. The molecular formula is C11H15N3O. The fourth-order valence-corrected chi connectivity index (χ4v) is 1.76. The Morgan fingerprint density at radius 3 is 2.93 bits per heavy atom. The molecule has 1 atom stereocenters.